The number of carbonyl (C=O) groups excluding carboxylic acids is 1. The summed E-state index contributed by atoms with van der Waals surface area (Å²) in [4.78, 5) is 22.0. The zero-order valence-electron chi connectivity index (χ0n) is 10.1. The van der Waals surface area contributed by atoms with Crippen molar-refractivity contribution in [1.29, 1.82) is 0 Å². The summed E-state index contributed by atoms with van der Waals surface area (Å²) in [7, 11) is 0. The average Bonchev–Trinajstić information content (AvgIpc) is 2.76. The topological polar surface area (TPSA) is 84.3 Å². The van der Waals surface area contributed by atoms with E-state index in [1.807, 2.05) is 6.92 Å². The molecule has 2 N–H and O–H groups in total. The Labute approximate surface area is 105 Å². The molecule has 1 heterocycles. The Bertz CT molecular complexity index is 458. The quantitative estimate of drug-likeness (QED) is 0.626. The minimum atomic E-state index is -0.464. The van der Waals surface area contributed by atoms with Crippen molar-refractivity contribution in [1.82, 2.24) is 5.32 Å². The van der Waals surface area contributed by atoms with E-state index in [9.17, 15) is 14.9 Å². The number of hydrogen-bond donors (Lipinski definition) is 2. The van der Waals surface area contributed by atoms with Gasteiger partial charge >= 0.3 is 0 Å². The summed E-state index contributed by atoms with van der Waals surface area (Å²) in [6, 6.07) is 5.85. The van der Waals surface area contributed by atoms with E-state index in [4.69, 9.17) is 0 Å². The first kappa shape index (κ1) is 12.5. The number of non-ortho nitro benzene ring substituents is 1. The fourth-order valence-corrected chi connectivity index (χ4v) is 2.06. The van der Waals surface area contributed by atoms with Gasteiger partial charge < -0.3 is 10.6 Å². The van der Waals surface area contributed by atoms with E-state index < -0.39 is 4.92 Å². The fraction of sp³-hybridized carbons (Fsp3) is 0.417. The van der Waals surface area contributed by atoms with Crippen molar-refractivity contribution in [2.24, 2.45) is 11.8 Å². The number of hydrogen-bond acceptors (Lipinski definition) is 4. The minimum absolute atomic E-state index is 0.0175. The fourth-order valence-electron chi connectivity index (χ4n) is 2.06. The highest BCUT2D eigenvalue weighted by Crippen LogP contribution is 2.20. The highest BCUT2D eigenvalue weighted by atomic mass is 16.6. The molecule has 0 aromatic heterocycles. The SMILES string of the molecule is C[C@@H]1CNC[C@H]1C(=O)Nc1ccc([N+](=O)[O-])cc1. The van der Waals surface area contributed by atoms with Gasteiger partial charge in [0.25, 0.3) is 5.69 Å². The van der Waals surface area contributed by atoms with Crippen molar-refractivity contribution in [2.75, 3.05) is 18.4 Å². The number of nitrogens with zero attached hydrogens (tertiary/aromatic N) is 1. The predicted octanol–water partition coefficient (Wildman–Crippen LogP) is 1.39. The van der Waals surface area contributed by atoms with Gasteiger partial charge in [-0.05, 0) is 24.6 Å². The van der Waals surface area contributed by atoms with E-state index in [1.165, 1.54) is 12.1 Å². The molecule has 6 heteroatoms. The third kappa shape index (κ3) is 2.65. The van der Waals surface area contributed by atoms with E-state index in [2.05, 4.69) is 10.6 Å². The van der Waals surface area contributed by atoms with Crippen LogP contribution in [0.2, 0.25) is 0 Å². The van der Waals surface area contributed by atoms with Gasteiger partial charge in [-0.3, -0.25) is 14.9 Å². The van der Waals surface area contributed by atoms with Crippen LogP contribution in [-0.4, -0.2) is 23.9 Å². The van der Waals surface area contributed by atoms with Crippen LogP contribution in [0.3, 0.4) is 0 Å². The molecule has 0 bridgehead atoms. The molecule has 18 heavy (non-hydrogen) atoms. The molecule has 1 fully saturated rings. The Morgan fingerprint density at radius 3 is 2.56 bits per heavy atom. The van der Waals surface area contributed by atoms with E-state index in [1.54, 1.807) is 12.1 Å². The second-order valence-corrected chi connectivity index (χ2v) is 4.54. The number of nitro benzene ring substituents is 1. The number of nitro groups is 1. The predicted molar refractivity (Wildman–Crippen MR) is 67.2 cm³/mol. The Morgan fingerprint density at radius 2 is 2.06 bits per heavy atom. The summed E-state index contributed by atoms with van der Waals surface area (Å²) in [6.07, 6.45) is 0. The molecule has 1 aliphatic heterocycles. The van der Waals surface area contributed by atoms with E-state index in [0.717, 1.165) is 6.54 Å². The van der Waals surface area contributed by atoms with Crippen LogP contribution in [0.25, 0.3) is 0 Å². The van der Waals surface area contributed by atoms with Crippen LogP contribution < -0.4 is 10.6 Å². The van der Waals surface area contributed by atoms with Crippen LogP contribution in [0.1, 0.15) is 6.92 Å². The zero-order chi connectivity index (χ0) is 13.1. The minimum Gasteiger partial charge on any atom is -0.326 e. The van der Waals surface area contributed by atoms with Gasteiger partial charge in [0.1, 0.15) is 0 Å². The zero-order valence-corrected chi connectivity index (χ0v) is 10.1. The van der Waals surface area contributed by atoms with Gasteiger partial charge in [-0.15, -0.1) is 0 Å². The van der Waals surface area contributed by atoms with Crippen LogP contribution in [0.15, 0.2) is 24.3 Å². The summed E-state index contributed by atoms with van der Waals surface area (Å²) in [5.41, 5.74) is 0.605. The van der Waals surface area contributed by atoms with Crippen molar-refractivity contribution < 1.29 is 9.72 Å². The average molecular weight is 249 g/mol. The van der Waals surface area contributed by atoms with Gasteiger partial charge in [-0.25, -0.2) is 0 Å². The second kappa shape index (κ2) is 5.14. The van der Waals surface area contributed by atoms with Crippen LogP contribution in [0, 0.1) is 22.0 Å². The molecule has 1 aliphatic rings. The molecule has 2 rings (SSSR count). The summed E-state index contributed by atoms with van der Waals surface area (Å²) < 4.78 is 0. The maximum atomic E-state index is 12.0. The number of rotatable bonds is 3. The Morgan fingerprint density at radius 1 is 1.39 bits per heavy atom. The lowest BCUT2D eigenvalue weighted by Crippen LogP contribution is -2.27. The second-order valence-electron chi connectivity index (χ2n) is 4.54. The molecule has 2 atom stereocenters. The summed E-state index contributed by atoms with van der Waals surface area (Å²) >= 11 is 0. The first-order valence-electron chi connectivity index (χ1n) is 5.84. The molecule has 1 amide bonds. The largest absolute Gasteiger partial charge is 0.326 e. The number of benzene rings is 1. The molecule has 0 spiro atoms. The first-order chi connectivity index (χ1) is 8.58. The lowest BCUT2D eigenvalue weighted by atomic mass is 9.97. The molecule has 6 nitrogen and oxygen atoms in total. The third-order valence-electron chi connectivity index (χ3n) is 3.20. The molecule has 0 aliphatic carbocycles. The van der Waals surface area contributed by atoms with E-state index in [-0.39, 0.29) is 17.5 Å². The van der Waals surface area contributed by atoms with Gasteiger partial charge in [-0.2, -0.15) is 0 Å². The van der Waals surface area contributed by atoms with Crippen molar-refractivity contribution in [3.05, 3.63) is 34.4 Å². The van der Waals surface area contributed by atoms with Crippen LogP contribution >= 0.6 is 0 Å². The highest BCUT2D eigenvalue weighted by Gasteiger charge is 2.29. The first-order valence-corrected chi connectivity index (χ1v) is 5.84. The summed E-state index contributed by atoms with van der Waals surface area (Å²) in [5, 5.41) is 16.4. The molecule has 1 aromatic carbocycles. The molecule has 1 aromatic rings. The smallest absolute Gasteiger partial charge is 0.269 e. The van der Waals surface area contributed by atoms with Crippen molar-refractivity contribution >= 4 is 17.3 Å². The molecule has 0 radical (unpaired) electrons. The number of anilines is 1. The van der Waals surface area contributed by atoms with Crippen molar-refractivity contribution in [3.63, 3.8) is 0 Å². The van der Waals surface area contributed by atoms with Gasteiger partial charge in [0.2, 0.25) is 5.91 Å². The lowest BCUT2D eigenvalue weighted by Gasteiger charge is -2.13. The van der Waals surface area contributed by atoms with Crippen LogP contribution in [0.5, 0.6) is 0 Å². The Hall–Kier alpha value is -1.95. The van der Waals surface area contributed by atoms with E-state index in [0.29, 0.717) is 18.2 Å². The normalized spacial score (nSPS) is 22.7. The number of amides is 1. The lowest BCUT2D eigenvalue weighted by molar-refractivity contribution is -0.384. The Kier molecular flexibility index (Phi) is 3.57. The van der Waals surface area contributed by atoms with Gasteiger partial charge in [0.15, 0.2) is 0 Å². The molecule has 0 unspecified atom stereocenters. The molecule has 0 saturated carbocycles. The van der Waals surface area contributed by atoms with Crippen molar-refractivity contribution in [3.8, 4) is 0 Å². The van der Waals surface area contributed by atoms with Crippen molar-refractivity contribution in [2.45, 2.75) is 6.92 Å². The number of carbonyl (C=O) groups is 1. The van der Waals surface area contributed by atoms with Gasteiger partial charge in [0.05, 0.1) is 10.8 Å². The van der Waals surface area contributed by atoms with Gasteiger partial charge in [-0.1, -0.05) is 6.92 Å². The van der Waals surface area contributed by atoms with E-state index >= 15 is 0 Å². The summed E-state index contributed by atoms with van der Waals surface area (Å²) in [5.74, 6) is 0.226. The maximum Gasteiger partial charge on any atom is 0.269 e. The highest BCUT2D eigenvalue weighted by molar-refractivity contribution is 5.93. The molecular formula is C12H15N3O3. The van der Waals surface area contributed by atoms with Crippen LogP contribution in [0.4, 0.5) is 11.4 Å². The van der Waals surface area contributed by atoms with Crippen LogP contribution in [-0.2, 0) is 4.79 Å². The standard InChI is InChI=1S/C12H15N3O3/c1-8-6-13-7-11(8)12(16)14-9-2-4-10(5-3-9)15(17)18/h2-5,8,11,13H,6-7H2,1H3,(H,14,16)/t8-,11-/m1/s1. The molecule has 1 saturated heterocycles. The monoisotopic (exact) mass is 249 g/mol. The number of nitrogens with one attached hydrogen (secondary N) is 2. The Balaban J connectivity index is 2.00. The summed E-state index contributed by atoms with van der Waals surface area (Å²) in [6.45, 7) is 3.55. The third-order valence-corrected chi connectivity index (χ3v) is 3.20. The molecular weight excluding hydrogens is 234 g/mol. The maximum absolute atomic E-state index is 12.0. The molecule has 96 valence electrons. The van der Waals surface area contributed by atoms with Gasteiger partial charge in [0, 0.05) is 24.4 Å².